The molecule has 0 radical (unpaired) electrons. The molecule has 0 spiro atoms. The second kappa shape index (κ2) is 4.34. The predicted octanol–water partition coefficient (Wildman–Crippen LogP) is 2.37. The lowest BCUT2D eigenvalue weighted by molar-refractivity contribution is 0.171. The van der Waals surface area contributed by atoms with Gasteiger partial charge in [0.05, 0.1) is 11.7 Å². The number of aromatic nitrogens is 3. The third kappa shape index (κ3) is 2.44. The van der Waals surface area contributed by atoms with E-state index in [1.54, 1.807) is 0 Å². The highest BCUT2D eigenvalue weighted by molar-refractivity contribution is 5.07. The van der Waals surface area contributed by atoms with Crippen LogP contribution < -0.4 is 0 Å². The second-order valence-electron chi connectivity index (χ2n) is 6.83. The topological polar surface area (TPSA) is 34.0 Å². The van der Waals surface area contributed by atoms with Gasteiger partial charge in [-0.3, -0.25) is 0 Å². The lowest BCUT2D eigenvalue weighted by Crippen LogP contribution is -2.36. The molecule has 4 nitrogen and oxygen atoms in total. The van der Waals surface area contributed by atoms with Crippen LogP contribution in [0.15, 0.2) is 6.20 Å². The number of nitrogens with zero attached hydrogens (tertiary/aromatic N) is 4. The molecule has 1 aliphatic carbocycles. The first kappa shape index (κ1) is 12.2. The van der Waals surface area contributed by atoms with Crippen molar-refractivity contribution in [2.75, 3.05) is 13.1 Å². The molecular weight excluding hydrogens is 224 g/mol. The van der Waals surface area contributed by atoms with Crippen molar-refractivity contribution in [3.8, 4) is 0 Å². The van der Waals surface area contributed by atoms with E-state index >= 15 is 0 Å². The van der Waals surface area contributed by atoms with Gasteiger partial charge in [-0.05, 0) is 25.7 Å². The average Bonchev–Trinajstić information content (AvgIpc) is 3.05. The van der Waals surface area contributed by atoms with E-state index in [0.29, 0.717) is 6.04 Å². The third-order valence-electron chi connectivity index (χ3n) is 4.22. The van der Waals surface area contributed by atoms with Crippen LogP contribution in [0.3, 0.4) is 0 Å². The summed E-state index contributed by atoms with van der Waals surface area (Å²) in [6.07, 6.45) is 7.44. The number of hydrogen-bond donors (Lipinski definition) is 0. The Balaban J connectivity index is 1.63. The molecule has 2 heterocycles. The Bertz CT molecular complexity index is 406. The highest BCUT2D eigenvalue weighted by atomic mass is 15.4. The Morgan fingerprint density at radius 2 is 1.72 bits per heavy atom. The molecule has 2 aliphatic rings. The fourth-order valence-electron chi connectivity index (χ4n) is 2.75. The summed E-state index contributed by atoms with van der Waals surface area (Å²) in [5.41, 5.74) is 1.21. The maximum atomic E-state index is 4.34. The van der Waals surface area contributed by atoms with Gasteiger partial charge in [-0.25, -0.2) is 4.68 Å². The molecule has 100 valence electrons. The Kier molecular flexibility index (Phi) is 2.93. The number of rotatable bonds is 2. The average molecular weight is 248 g/mol. The van der Waals surface area contributed by atoms with Crippen LogP contribution in [0.25, 0.3) is 0 Å². The zero-order valence-electron chi connectivity index (χ0n) is 11.8. The molecule has 0 unspecified atom stereocenters. The van der Waals surface area contributed by atoms with E-state index in [9.17, 15) is 0 Å². The molecule has 4 heteroatoms. The van der Waals surface area contributed by atoms with Crippen molar-refractivity contribution in [1.82, 2.24) is 19.9 Å². The third-order valence-corrected chi connectivity index (χ3v) is 4.22. The molecule has 1 saturated carbocycles. The van der Waals surface area contributed by atoms with Crippen LogP contribution in [0.1, 0.15) is 58.2 Å². The maximum absolute atomic E-state index is 4.34. The van der Waals surface area contributed by atoms with Crippen molar-refractivity contribution in [2.24, 2.45) is 0 Å². The van der Waals surface area contributed by atoms with E-state index < -0.39 is 0 Å². The Labute approximate surface area is 109 Å². The molecule has 0 bridgehead atoms. The van der Waals surface area contributed by atoms with Gasteiger partial charge in [-0.2, -0.15) is 0 Å². The van der Waals surface area contributed by atoms with Crippen molar-refractivity contribution >= 4 is 0 Å². The summed E-state index contributed by atoms with van der Waals surface area (Å²) < 4.78 is 2.10. The van der Waals surface area contributed by atoms with Gasteiger partial charge in [0, 0.05) is 30.7 Å². The summed E-state index contributed by atoms with van der Waals surface area (Å²) in [5.74, 6) is 0. The summed E-state index contributed by atoms with van der Waals surface area (Å²) in [5, 5.41) is 8.67. The SMILES string of the molecule is CC(C)(C)c1cn(C2CCN(C3CC3)CC2)nn1. The monoisotopic (exact) mass is 248 g/mol. The van der Waals surface area contributed by atoms with Gasteiger partial charge in [0.1, 0.15) is 0 Å². The van der Waals surface area contributed by atoms with Crippen LogP contribution in [0.4, 0.5) is 0 Å². The first-order valence-electron chi connectivity index (χ1n) is 7.20. The van der Waals surface area contributed by atoms with E-state index in [0.717, 1.165) is 11.7 Å². The molecule has 0 amide bonds. The predicted molar refractivity (Wildman–Crippen MR) is 71.6 cm³/mol. The van der Waals surface area contributed by atoms with Gasteiger partial charge in [-0.1, -0.05) is 26.0 Å². The van der Waals surface area contributed by atoms with Crippen molar-refractivity contribution in [2.45, 2.75) is 64.0 Å². The van der Waals surface area contributed by atoms with E-state index in [4.69, 9.17) is 0 Å². The lowest BCUT2D eigenvalue weighted by Gasteiger charge is -2.31. The van der Waals surface area contributed by atoms with Crippen LogP contribution in [-0.4, -0.2) is 39.0 Å². The van der Waals surface area contributed by atoms with Crippen molar-refractivity contribution in [3.05, 3.63) is 11.9 Å². The molecule has 2 fully saturated rings. The minimum atomic E-state index is 0.104. The number of piperidine rings is 1. The van der Waals surface area contributed by atoms with Crippen LogP contribution in [0.5, 0.6) is 0 Å². The molecule has 1 aliphatic heterocycles. The highest BCUT2D eigenvalue weighted by Gasteiger charge is 2.32. The Morgan fingerprint density at radius 1 is 1.06 bits per heavy atom. The van der Waals surface area contributed by atoms with Crippen molar-refractivity contribution in [3.63, 3.8) is 0 Å². The maximum Gasteiger partial charge on any atom is 0.0880 e. The molecule has 0 atom stereocenters. The highest BCUT2D eigenvalue weighted by Crippen LogP contribution is 2.32. The fourth-order valence-corrected chi connectivity index (χ4v) is 2.75. The summed E-state index contributed by atoms with van der Waals surface area (Å²) >= 11 is 0. The van der Waals surface area contributed by atoms with E-state index in [1.807, 2.05) is 0 Å². The van der Waals surface area contributed by atoms with Crippen LogP contribution >= 0.6 is 0 Å². The zero-order chi connectivity index (χ0) is 12.8. The standard InChI is InChI=1S/C14H24N4/c1-14(2,3)13-10-18(16-15-13)12-6-8-17(9-7-12)11-4-5-11/h10-12H,4-9H2,1-3H3. The van der Waals surface area contributed by atoms with Crippen molar-refractivity contribution < 1.29 is 0 Å². The molecule has 1 aromatic heterocycles. The fraction of sp³-hybridized carbons (Fsp3) is 0.857. The summed E-state index contributed by atoms with van der Waals surface area (Å²) in [7, 11) is 0. The van der Waals surface area contributed by atoms with Crippen LogP contribution in [0.2, 0.25) is 0 Å². The van der Waals surface area contributed by atoms with Gasteiger partial charge >= 0.3 is 0 Å². The minimum Gasteiger partial charge on any atom is -0.300 e. The smallest absolute Gasteiger partial charge is 0.0880 e. The number of likely N-dealkylation sites (tertiary alicyclic amines) is 1. The summed E-state index contributed by atoms with van der Waals surface area (Å²) in [4.78, 5) is 2.65. The van der Waals surface area contributed by atoms with E-state index in [1.165, 1.54) is 38.8 Å². The van der Waals surface area contributed by atoms with Gasteiger partial charge in [0.25, 0.3) is 0 Å². The van der Waals surface area contributed by atoms with E-state index in [2.05, 4.69) is 46.9 Å². The van der Waals surface area contributed by atoms with Gasteiger partial charge in [0.15, 0.2) is 0 Å². The molecular formula is C14H24N4. The first-order valence-corrected chi connectivity index (χ1v) is 7.20. The minimum absolute atomic E-state index is 0.104. The van der Waals surface area contributed by atoms with Crippen molar-refractivity contribution in [1.29, 1.82) is 0 Å². The van der Waals surface area contributed by atoms with Gasteiger partial charge in [0.2, 0.25) is 0 Å². The van der Waals surface area contributed by atoms with E-state index in [-0.39, 0.29) is 5.41 Å². The molecule has 3 rings (SSSR count). The normalized spacial score (nSPS) is 23.5. The molecule has 0 aromatic carbocycles. The van der Waals surface area contributed by atoms with Crippen LogP contribution in [0, 0.1) is 0 Å². The van der Waals surface area contributed by atoms with Crippen LogP contribution in [-0.2, 0) is 5.41 Å². The molecule has 1 aromatic rings. The Morgan fingerprint density at radius 3 is 2.22 bits per heavy atom. The first-order chi connectivity index (χ1) is 8.54. The molecule has 18 heavy (non-hydrogen) atoms. The quantitative estimate of drug-likeness (QED) is 0.806. The van der Waals surface area contributed by atoms with Gasteiger partial charge in [-0.15, -0.1) is 5.10 Å². The second-order valence-corrected chi connectivity index (χ2v) is 6.83. The summed E-state index contributed by atoms with van der Waals surface area (Å²) in [6, 6.07) is 1.47. The summed E-state index contributed by atoms with van der Waals surface area (Å²) in [6.45, 7) is 9.05. The zero-order valence-corrected chi connectivity index (χ0v) is 11.8. The molecule has 1 saturated heterocycles. The molecule has 0 N–H and O–H groups in total. The lowest BCUT2D eigenvalue weighted by atomic mass is 9.93. The number of hydrogen-bond acceptors (Lipinski definition) is 3. The largest absolute Gasteiger partial charge is 0.300 e. The van der Waals surface area contributed by atoms with Gasteiger partial charge < -0.3 is 4.90 Å². The Hall–Kier alpha value is -0.900.